The van der Waals surface area contributed by atoms with Crippen molar-refractivity contribution in [2.24, 2.45) is 17.8 Å². The molecule has 5 atom stereocenters. The average molecular weight is 511 g/mol. The Morgan fingerprint density at radius 1 is 1.16 bits per heavy atom. The van der Waals surface area contributed by atoms with Gasteiger partial charge in [0.25, 0.3) is 5.69 Å². The number of non-ortho nitro benzene ring substituents is 1. The van der Waals surface area contributed by atoms with Crippen molar-refractivity contribution in [2.75, 3.05) is 13.2 Å². The topological polar surface area (TPSA) is 125 Å². The molecule has 0 aliphatic carbocycles. The van der Waals surface area contributed by atoms with Gasteiger partial charge in [-0.3, -0.25) is 14.9 Å². The predicted octanol–water partition coefficient (Wildman–Crippen LogP) is 4.38. The molecule has 0 N–H and O–H groups in total. The van der Waals surface area contributed by atoms with Crippen LogP contribution in [0.4, 0.5) is 10.5 Å². The molecule has 2 aromatic rings. The van der Waals surface area contributed by atoms with Crippen molar-refractivity contribution in [1.82, 2.24) is 4.90 Å². The second-order valence-corrected chi connectivity index (χ2v) is 9.62. The van der Waals surface area contributed by atoms with Crippen LogP contribution in [-0.2, 0) is 29.4 Å². The molecule has 0 spiro atoms. The SMILES string of the molecule is CCOC(=O)[C@@]1(c2ccccc2)O[C@@H](c2ccc([N+](=O)[O-])cc2)[C@@H](C(=O)N2C(=O)OC[C@@H]2C(C)C)[C@@H]1C. The number of esters is 1. The van der Waals surface area contributed by atoms with Gasteiger partial charge in [0.2, 0.25) is 5.91 Å². The van der Waals surface area contributed by atoms with Crippen molar-refractivity contribution < 1.29 is 33.5 Å². The number of hydrogen-bond donors (Lipinski definition) is 0. The van der Waals surface area contributed by atoms with Crippen LogP contribution < -0.4 is 0 Å². The number of nitro groups is 1. The van der Waals surface area contributed by atoms with Crippen molar-refractivity contribution in [1.29, 1.82) is 0 Å². The number of cyclic esters (lactones) is 1. The lowest BCUT2D eigenvalue weighted by Crippen LogP contribution is -2.48. The number of hydrogen-bond acceptors (Lipinski definition) is 8. The van der Waals surface area contributed by atoms with Crippen LogP contribution in [0.15, 0.2) is 54.6 Å². The monoisotopic (exact) mass is 510 g/mol. The number of nitro benzene ring substituents is 1. The summed E-state index contributed by atoms with van der Waals surface area (Å²) in [6.45, 7) is 7.36. The van der Waals surface area contributed by atoms with Crippen LogP contribution in [0.5, 0.6) is 0 Å². The average Bonchev–Trinajstić information content (AvgIpc) is 3.43. The first-order chi connectivity index (χ1) is 17.6. The van der Waals surface area contributed by atoms with Gasteiger partial charge in [-0.2, -0.15) is 0 Å². The first-order valence-corrected chi connectivity index (χ1v) is 12.3. The van der Waals surface area contributed by atoms with E-state index in [2.05, 4.69) is 0 Å². The molecule has 10 heteroatoms. The minimum atomic E-state index is -1.65. The predicted molar refractivity (Wildman–Crippen MR) is 131 cm³/mol. The largest absolute Gasteiger partial charge is 0.464 e. The van der Waals surface area contributed by atoms with Crippen LogP contribution >= 0.6 is 0 Å². The van der Waals surface area contributed by atoms with Crippen LogP contribution in [0.2, 0.25) is 0 Å². The lowest BCUT2D eigenvalue weighted by molar-refractivity contribution is -0.384. The molecule has 2 aliphatic rings. The van der Waals surface area contributed by atoms with E-state index >= 15 is 0 Å². The van der Waals surface area contributed by atoms with Crippen molar-refractivity contribution >= 4 is 23.7 Å². The fourth-order valence-electron chi connectivity index (χ4n) is 5.25. The summed E-state index contributed by atoms with van der Waals surface area (Å²) in [6, 6.07) is 13.9. The normalized spacial score (nSPS) is 27.3. The van der Waals surface area contributed by atoms with Gasteiger partial charge in [0.15, 0.2) is 5.60 Å². The molecule has 10 nitrogen and oxygen atoms in total. The maximum absolute atomic E-state index is 14.1. The number of ether oxygens (including phenoxy) is 3. The lowest BCUT2D eigenvalue weighted by atomic mass is 9.75. The van der Waals surface area contributed by atoms with E-state index in [1.807, 2.05) is 13.8 Å². The summed E-state index contributed by atoms with van der Waals surface area (Å²) in [6.07, 6.45) is -1.74. The van der Waals surface area contributed by atoms with E-state index in [1.54, 1.807) is 44.2 Å². The van der Waals surface area contributed by atoms with E-state index in [0.717, 1.165) is 4.90 Å². The standard InChI is InChI=1S/C27H30N2O8/c1-5-35-25(31)27(19-9-7-6-8-10-19)17(4)22(24(30)28-21(16(2)3)15-36-26(28)32)23(37-27)18-11-13-20(14-12-18)29(33)34/h6-14,16-17,21-23H,5,15H2,1-4H3/t17-,21+,22-,23-,27+/m0/s1. The lowest BCUT2D eigenvalue weighted by Gasteiger charge is -2.32. The van der Waals surface area contributed by atoms with Gasteiger partial charge >= 0.3 is 12.1 Å². The second kappa shape index (κ2) is 10.3. The number of nitrogens with zero attached hydrogens (tertiary/aromatic N) is 2. The summed E-state index contributed by atoms with van der Waals surface area (Å²) >= 11 is 0. The van der Waals surface area contributed by atoms with Gasteiger partial charge in [0.05, 0.1) is 29.6 Å². The van der Waals surface area contributed by atoms with Gasteiger partial charge in [0.1, 0.15) is 6.61 Å². The Kier molecular flexibility index (Phi) is 7.31. The minimum absolute atomic E-state index is 0.0604. The Balaban J connectivity index is 1.87. The third kappa shape index (κ3) is 4.46. The van der Waals surface area contributed by atoms with Gasteiger partial charge in [-0.05, 0) is 36.1 Å². The molecule has 2 fully saturated rings. The first-order valence-electron chi connectivity index (χ1n) is 12.3. The summed E-state index contributed by atoms with van der Waals surface area (Å²) in [4.78, 5) is 52.2. The fraction of sp³-hybridized carbons (Fsp3) is 0.444. The van der Waals surface area contributed by atoms with Crippen LogP contribution in [0.3, 0.4) is 0 Å². The van der Waals surface area contributed by atoms with Crippen LogP contribution in [0.25, 0.3) is 0 Å². The minimum Gasteiger partial charge on any atom is -0.464 e. The number of amides is 2. The highest BCUT2D eigenvalue weighted by Crippen LogP contribution is 2.55. The summed E-state index contributed by atoms with van der Waals surface area (Å²) in [5.41, 5.74) is -0.805. The first kappa shape index (κ1) is 26.3. The van der Waals surface area contributed by atoms with E-state index in [1.165, 1.54) is 24.3 Å². The molecule has 4 rings (SSSR count). The Morgan fingerprint density at radius 2 is 1.81 bits per heavy atom. The molecule has 0 unspecified atom stereocenters. The quantitative estimate of drug-likeness (QED) is 0.305. The molecule has 0 bridgehead atoms. The van der Waals surface area contributed by atoms with E-state index in [9.17, 15) is 24.5 Å². The third-order valence-corrected chi connectivity index (χ3v) is 7.23. The van der Waals surface area contributed by atoms with Crippen molar-refractivity contribution in [3.8, 4) is 0 Å². The number of carbonyl (C=O) groups excluding carboxylic acids is 3. The van der Waals surface area contributed by atoms with Gasteiger partial charge in [-0.25, -0.2) is 14.5 Å². The van der Waals surface area contributed by atoms with Gasteiger partial charge in [-0.15, -0.1) is 0 Å². The smallest absolute Gasteiger partial charge is 0.416 e. The second-order valence-electron chi connectivity index (χ2n) is 9.62. The van der Waals surface area contributed by atoms with Crippen molar-refractivity contribution in [2.45, 2.75) is 45.4 Å². The number of rotatable bonds is 7. The fourth-order valence-corrected chi connectivity index (χ4v) is 5.25. The van der Waals surface area contributed by atoms with Gasteiger partial charge in [-0.1, -0.05) is 51.1 Å². The Bertz CT molecular complexity index is 1180. The maximum Gasteiger partial charge on any atom is 0.416 e. The molecule has 2 heterocycles. The molecule has 2 aliphatic heterocycles. The zero-order valence-electron chi connectivity index (χ0n) is 21.2. The van der Waals surface area contributed by atoms with E-state index in [0.29, 0.717) is 11.1 Å². The summed E-state index contributed by atoms with van der Waals surface area (Å²) in [5, 5.41) is 11.2. The summed E-state index contributed by atoms with van der Waals surface area (Å²) < 4.78 is 17.2. The zero-order valence-corrected chi connectivity index (χ0v) is 21.2. The molecule has 2 aromatic carbocycles. The number of imide groups is 1. The molecule has 2 amide bonds. The molecule has 0 saturated carbocycles. The molecular formula is C27H30N2O8. The Labute approximate surface area is 214 Å². The molecule has 0 aromatic heterocycles. The highest BCUT2D eigenvalue weighted by molar-refractivity contribution is 5.96. The molecule has 37 heavy (non-hydrogen) atoms. The summed E-state index contributed by atoms with van der Waals surface area (Å²) in [5.74, 6) is -2.99. The Hall–Kier alpha value is -3.79. The molecule has 196 valence electrons. The van der Waals surface area contributed by atoms with E-state index < -0.39 is 52.5 Å². The van der Waals surface area contributed by atoms with Crippen LogP contribution in [0.1, 0.15) is 44.9 Å². The van der Waals surface area contributed by atoms with Gasteiger partial charge in [0, 0.05) is 18.1 Å². The van der Waals surface area contributed by atoms with Crippen molar-refractivity contribution in [3.05, 3.63) is 75.8 Å². The van der Waals surface area contributed by atoms with E-state index in [4.69, 9.17) is 14.2 Å². The maximum atomic E-state index is 14.1. The molecular weight excluding hydrogens is 480 g/mol. The van der Waals surface area contributed by atoms with Crippen LogP contribution in [-0.4, -0.2) is 47.0 Å². The third-order valence-electron chi connectivity index (χ3n) is 7.23. The zero-order chi connectivity index (χ0) is 26.9. The van der Waals surface area contributed by atoms with Crippen molar-refractivity contribution in [3.63, 3.8) is 0 Å². The van der Waals surface area contributed by atoms with Gasteiger partial charge < -0.3 is 14.2 Å². The molecule has 2 saturated heterocycles. The summed E-state index contributed by atoms with van der Waals surface area (Å²) in [7, 11) is 0. The molecule has 0 radical (unpaired) electrons. The van der Waals surface area contributed by atoms with E-state index in [-0.39, 0.29) is 24.8 Å². The number of benzene rings is 2. The van der Waals surface area contributed by atoms with Crippen LogP contribution in [0, 0.1) is 27.9 Å². The highest BCUT2D eigenvalue weighted by Gasteiger charge is 2.63. The Morgan fingerprint density at radius 3 is 2.38 bits per heavy atom. The number of carbonyl (C=O) groups is 3. The highest BCUT2D eigenvalue weighted by atomic mass is 16.6.